The van der Waals surface area contributed by atoms with Crippen molar-refractivity contribution in [3.8, 4) is 0 Å². The quantitative estimate of drug-likeness (QED) is 0.900. The molecule has 1 unspecified atom stereocenters. The minimum absolute atomic E-state index is 0.0777. The van der Waals surface area contributed by atoms with Crippen LogP contribution in [-0.2, 0) is 4.74 Å². The Morgan fingerprint density at radius 1 is 1.50 bits per heavy atom. The SMILES string of the molecule is COCC1CCN(C(=O)c2ccc(C(=O)O)s2)C1. The van der Waals surface area contributed by atoms with E-state index in [1.807, 2.05) is 0 Å². The first kappa shape index (κ1) is 13.0. The molecular weight excluding hydrogens is 254 g/mol. The largest absolute Gasteiger partial charge is 0.477 e. The first-order valence-corrected chi connectivity index (χ1v) is 6.55. The minimum Gasteiger partial charge on any atom is -0.477 e. The fourth-order valence-corrected chi connectivity index (χ4v) is 2.93. The third kappa shape index (κ3) is 2.70. The number of carboxylic acids is 1. The molecule has 98 valence electrons. The van der Waals surface area contributed by atoms with Gasteiger partial charge in [0.2, 0.25) is 0 Å². The van der Waals surface area contributed by atoms with Gasteiger partial charge in [0.05, 0.1) is 11.5 Å². The molecular formula is C12H15NO4S. The van der Waals surface area contributed by atoms with Gasteiger partial charge in [0, 0.05) is 26.1 Å². The molecule has 1 aromatic rings. The van der Waals surface area contributed by atoms with Crippen LogP contribution in [0.15, 0.2) is 12.1 Å². The molecule has 1 fully saturated rings. The topological polar surface area (TPSA) is 66.8 Å². The summed E-state index contributed by atoms with van der Waals surface area (Å²) in [5.41, 5.74) is 0. The maximum absolute atomic E-state index is 12.1. The van der Waals surface area contributed by atoms with E-state index in [-0.39, 0.29) is 10.8 Å². The molecule has 1 N–H and O–H groups in total. The predicted octanol–water partition coefficient (Wildman–Crippen LogP) is 1.55. The van der Waals surface area contributed by atoms with E-state index in [0.29, 0.717) is 30.5 Å². The van der Waals surface area contributed by atoms with E-state index in [1.54, 1.807) is 18.1 Å². The smallest absolute Gasteiger partial charge is 0.345 e. The molecule has 0 aromatic carbocycles. The molecule has 1 amide bonds. The Balaban J connectivity index is 2.01. The second kappa shape index (κ2) is 5.49. The number of nitrogens with zero attached hydrogens (tertiary/aromatic N) is 1. The summed E-state index contributed by atoms with van der Waals surface area (Å²) in [5.74, 6) is -0.679. The number of carbonyl (C=O) groups is 2. The monoisotopic (exact) mass is 269 g/mol. The van der Waals surface area contributed by atoms with Crippen LogP contribution < -0.4 is 0 Å². The van der Waals surface area contributed by atoms with Crippen molar-refractivity contribution >= 4 is 23.2 Å². The number of rotatable bonds is 4. The zero-order chi connectivity index (χ0) is 13.1. The summed E-state index contributed by atoms with van der Waals surface area (Å²) in [7, 11) is 1.66. The number of likely N-dealkylation sites (tertiary alicyclic amines) is 1. The van der Waals surface area contributed by atoms with Crippen molar-refractivity contribution in [3.05, 3.63) is 21.9 Å². The van der Waals surface area contributed by atoms with Crippen LogP contribution in [-0.4, -0.2) is 48.7 Å². The maximum Gasteiger partial charge on any atom is 0.345 e. The van der Waals surface area contributed by atoms with Gasteiger partial charge in [-0.1, -0.05) is 0 Å². The zero-order valence-electron chi connectivity index (χ0n) is 10.1. The third-order valence-electron chi connectivity index (χ3n) is 3.00. The summed E-state index contributed by atoms with van der Waals surface area (Å²) in [6, 6.07) is 3.06. The lowest BCUT2D eigenvalue weighted by atomic mass is 10.1. The molecule has 18 heavy (non-hydrogen) atoms. The highest BCUT2D eigenvalue weighted by Crippen LogP contribution is 2.23. The molecule has 0 bridgehead atoms. The lowest BCUT2D eigenvalue weighted by Gasteiger charge is -2.15. The average molecular weight is 269 g/mol. The number of ether oxygens (including phenoxy) is 1. The second-order valence-electron chi connectivity index (χ2n) is 4.33. The molecule has 0 spiro atoms. The maximum atomic E-state index is 12.1. The van der Waals surface area contributed by atoms with Gasteiger partial charge < -0.3 is 14.7 Å². The first-order chi connectivity index (χ1) is 8.61. The number of hydrogen-bond donors (Lipinski definition) is 1. The van der Waals surface area contributed by atoms with E-state index in [1.165, 1.54) is 6.07 Å². The standard InChI is InChI=1S/C12H15NO4S/c1-17-7-8-4-5-13(6-8)11(14)9-2-3-10(18-9)12(15)16/h2-3,8H,4-7H2,1H3,(H,15,16). The van der Waals surface area contributed by atoms with Crippen molar-refractivity contribution in [2.75, 3.05) is 26.8 Å². The van der Waals surface area contributed by atoms with Crippen LogP contribution in [0.4, 0.5) is 0 Å². The van der Waals surface area contributed by atoms with Crippen LogP contribution in [0.25, 0.3) is 0 Å². The number of hydrogen-bond acceptors (Lipinski definition) is 4. The van der Waals surface area contributed by atoms with Gasteiger partial charge >= 0.3 is 5.97 Å². The summed E-state index contributed by atoms with van der Waals surface area (Å²) < 4.78 is 5.08. The Bertz CT molecular complexity index is 457. The predicted molar refractivity (Wildman–Crippen MR) is 67.2 cm³/mol. The Morgan fingerprint density at radius 3 is 2.83 bits per heavy atom. The fraction of sp³-hybridized carbons (Fsp3) is 0.500. The third-order valence-corrected chi connectivity index (χ3v) is 4.06. The van der Waals surface area contributed by atoms with Crippen LogP contribution in [0.5, 0.6) is 0 Å². The molecule has 1 aliphatic heterocycles. The van der Waals surface area contributed by atoms with Gasteiger partial charge in [0.25, 0.3) is 5.91 Å². The van der Waals surface area contributed by atoms with E-state index in [4.69, 9.17) is 9.84 Å². The van der Waals surface area contributed by atoms with E-state index in [9.17, 15) is 9.59 Å². The molecule has 0 aliphatic carbocycles. The summed E-state index contributed by atoms with van der Waals surface area (Å²) >= 11 is 1.03. The van der Waals surface area contributed by atoms with Crippen LogP contribution in [0.3, 0.4) is 0 Å². The highest BCUT2D eigenvalue weighted by molar-refractivity contribution is 7.15. The first-order valence-electron chi connectivity index (χ1n) is 5.73. The Hall–Kier alpha value is -1.40. The molecule has 1 saturated heterocycles. The van der Waals surface area contributed by atoms with Crippen LogP contribution >= 0.6 is 11.3 Å². The number of amides is 1. The number of thiophene rings is 1. The van der Waals surface area contributed by atoms with Gasteiger partial charge in [0.15, 0.2) is 0 Å². The van der Waals surface area contributed by atoms with E-state index in [2.05, 4.69) is 0 Å². The molecule has 5 nitrogen and oxygen atoms in total. The lowest BCUT2D eigenvalue weighted by molar-refractivity contribution is 0.0701. The van der Waals surface area contributed by atoms with Gasteiger partial charge in [0.1, 0.15) is 4.88 Å². The van der Waals surface area contributed by atoms with Gasteiger partial charge in [-0.05, 0) is 18.6 Å². The molecule has 0 radical (unpaired) electrons. The second-order valence-corrected chi connectivity index (χ2v) is 5.41. The summed E-state index contributed by atoms with van der Waals surface area (Å²) in [6.45, 7) is 2.06. The summed E-state index contributed by atoms with van der Waals surface area (Å²) in [5, 5.41) is 8.83. The highest BCUT2D eigenvalue weighted by atomic mass is 32.1. The molecule has 6 heteroatoms. The molecule has 1 atom stereocenters. The molecule has 0 saturated carbocycles. The zero-order valence-corrected chi connectivity index (χ0v) is 10.9. The number of methoxy groups -OCH3 is 1. The van der Waals surface area contributed by atoms with Crippen LogP contribution in [0.1, 0.15) is 25.8 Å². The van der Waals surface area contributed by atoms with E-state index >= 15 is 0 Å². The van der Waals surface area contributed by atoms with E-state index < -0.39 is 5.97 Å². The van der Waals surface area contributed by atoms with Crippen molar-refractivity contribution in [3.63, 3.8) is 0 Å². The number of carbonyl (C=O) groups excluding carboxylic acids is 1. The van der Waals surface area contributed by atoms with Crippen molar-refractivity contribution < 1.29 is 19.4 Å². The van der Waals surface area contributed by atoms with Crippen molar-refractivity contribution in [1.29, 1.82) is 0 Å². The van der Waals surface area contributed by atoms with Crippen LogP contribution in [0.2, 0.25) is 0 Å². The molecule has 1 aromatic heterocycles. The normalized spacial score (nSPS) is 19.2. The number of carboxylic acid groups (broad SMARTS) is 1. The van der Waals surface area contributed by atoms with Gasteiger partial charge in [-0.3, -0.25) is 4.79 Å². The van der Waals surface area contributed by atoms with Gasteiger partial charge in [-0.15, -0.1) is 11.3 Å². The Morgan fingerprint density at radius 2 is 2.22 bits per heavy atom. The fourth-order valence-electron chi connectivity index (χ4n) is 2.11. The molecule has 2 heterocycles. The molecule has 2 rings (SSSR count). The highest BCUT2D eigenvalue weighted by Gasteiger charge is 2.27. The average Bonchev–Trinajstić information content (AvgIpc) is 2.97. The van der Waals surface area contributed by atoms with E-state index in [0.717, 1.165) is 17.8 Å². The Labute approximate surface area is 109 Å². The van der Waals surface area contributed by atoms with Crippen LogP contribution in [0, 0.1) is 5.92 Å². The summed E-state index contributed by atoms with van der Waals surface area (Å²) in [6.07, 6.45) is 0.941. The number of aromatic carboxylic acids is 1. The summed E-state index contributed by atoms with van der Waals surface area (Å²) in [4.78, 5) is 25.4. The van der Waals surface area contributed by atoms with Crippen molar-refractivity contribution in [2.45, 2.75) is 6.42 Å². The minimum atomic E-state index is -0.988. The van der Waals surface area contributed by atoms with Crippen molar-refractivity contribution in [2.24, 2.45) is 5.92 Å². The van der Waals surface area contributed by atoms with Gasteiger partial charge in [-0.25, -0.2) is 4.79 Å². The Kier molecular flexibility index (Phi) is 3.98. The van der Waals surface area contributed by atoms with Gasteiger partial charge in [-0.2, -0.15) is 0 Å². The molecule has 1 aliphatic rings. The lowest BCUT2D eigenvalue weighted by Crippen LogP contribution is -2.28. The van der Waals surface area contributed by atoms with Crippen molar-refractivity contribution in [1.82, 2.24) is 4.90 Å².